The number of carbonyl (C=O) groups is 2. The molecule has 0 aliphatic carbocycles. The second kappa shape index (κ2) is 9.04. The largest absolute Gasteiger partial charge is 0.308 e. The number of hydrogen-bond acceptors (Lipinski definition) is 4. The number of rotatable bonds is 6. The van der Waals surface area contributed by atoms with Gasteiger partial charge in [-0.05, 0) is 36.8 Å². The Kier molecular flexibility index (Phi) is 6.41. The Balaban J connectivity index is 1.70. The van der Waals surface area contributed by atoms with Gasteiger partial charge in [-0.2, -0.15) is 0 Å². The monoisotopic (exact) mass is 500 g/mol. The summed E-state index contributed by atoms with van der Waals surface area (Å²) in [5, 5.41) is 0. The SMILES string of the molecule is CCCCCCN1C(=O)C(=C2SC(=S)N(c3ccc(Br)cc3)C2=O)c2ccccc21. The zero-order valence-corrected chi connectivity index (χ0v) is 19.8. The fourth-order valence-corrected chi connectivity index (χ4v) is 5.38. The molecule has 0 saturated carbocycles. The lowest BCUT2D eigenvalue weighted by Gasteiger charge is -2.17. The van der Waals surface area contributed by atoms with Crippen molar-refractivity contribution in [2.45, 2.75) is 32.6 Å². The molecule has 2 aliphatic heterocycles. The number of halogens is 1. The maximum absolute atomic E-state index is 13.4. The summed E-state index contributed by atoms with van der Waals surface area (Å²) in [6, 6.07) is 15.1. The zero-order valence-electron chi connectivity index (χ0n) is 16.6. The molecule has 1 fully saturated rings. The molecule has 2 heterocycles. The van der Waals surface area contributed by atoms with E-state index in [-0.39, 0.29) is 11.8 Å². The van der Waals surface area contributed by atoms with Crippen LogP contribution in [0.15, 0.2) is 57.9 Å². The first-order valence-corrected chi connectivity index (χ1v) is 12.0. The first-order chi connectivity index (χ1) is 14.5. The minimum Gasteiger partial charge on any atom is -0.308 e. The minimum atomic E-state index is -0.238. The van der Waals surface area contributed by atoms with Gasteiger partial charge in [0, 0.05) is 16.6 Å². The summed E-state index contributed by atoms with van der Waals surface area (Å²) in [6.45, 7) is 2.83. The summed E-state index contributed by atoms with van der Waals surface area (Å²) in [5.74, 6) is -0.345. The van der Waals surface area contributed by atoms with Gasteiger partial charge in [0.25, 0.3) is 11.8 Å². The van der Waals surface area contributed by atoms with Crippen LogP contribution < -0.4 is 9.80 Å². The Morgan fingerprint density at radius 1 is 0.967 bits per heavy atom. The van der Waals surface area contributed by atoms with Crippen LogP contribution in [-0.4, -0.2) is 22.7 Å². The third-order valence-electron chi connectivity index (χ3n) is 5.24. The molecule has 0 spiro atoms. The number of amides is 2. The Morgan fingerprint density at radius 3 is 2.43 bits per heavy atom. The second-order valence-electron chi connectivity index (χ2n) is 7.22. The van der Waals surface area contributed by atoms with Crippen molar-refractivity contribution in [1.82, 2.24) is 0 Å². The van der Waals surface area contributed by atoms with E-state index in [4.69, 9.17) is 12.2 Å². The molecule has 154 valence electrons. The smallest absolute Gasteiger partial charge is 0.271 e. The van der Waals surface area contributed by atoms with Crippen LogP contribution in [0.5, 0.6) is 0 Å². The first-order valence-electron chi connectivity index (χ1n) is 10.00. The molecular weight excluding hydrogens is 480 g/mol. The van der Waals surface area contributed by atoms with Crippen molar-refractivity contribution >= 4 is 73.0 Å². The van der Waals surface area contributed by atoms with E-state index in [2.05, 4.69) is 22.9 Å². The standard InChI is InChI=1S/C23H21BrN2O2S2/c1-2-3-4-7-14-25-18-9-6-5-8-17(18)19(21(25)27)20-22(28)26(23(29)30-20)16-12-10-15(24)11-13-16/h5-6,8-13H,2-4,7,14H2,1H3. The number of unbranched alkanes of at least 4 members (excludes halogenated alkanes) is 3. The van der Waals surface area contributed by atoms with Gasteiger partial charge in [0.05, 0.1) is 21.9 Å². The summed E-state index contributed by atoms with van der Waals surface area (Å²) in [6.07, 6.45) is 4.33. The summed E-state index contributed by atoms with van der Waals surface area (Å²) < 4.78 is 1.37. The number of fused-ring (bicyclic) bond motifs is 1. The highest BCUT2D eigenvalue weighted by Gasteiger charge is 2.42. The van der Waals surface area contributed by atoms with Gasteiger partial charge < -0.3 is 4.90 Å². The molecular formula is C23H21BrN2O2S2. The number of thioether (sulfide) groups is 1. The Hall–Kier alpha value is -1.96. The number of para-hydroxylation sites is 1. The predicted octanol–water partition coefficient (Wildman–Crippen LogP) is 6.15. The molecule has 4 nitrogen and oxygen atoms in total. The average molecular weight is 501 g/mol. The van der Waals surface area contributed by atoms with Crippen LogP contribution in [-0.2, 0) is 9.59 Å². The fraction of sp³-hybridized carbons (Fsp3) is 0.261. The highest BCUT2D eigenvalue weighted by molar-refractivity contribution is 9.10. The molecule has 0 unspecified atom stereocenters. The lowest BCUT2D eigenvalue weighted by molar-refractivity contribution is -0.115. The van der Waals surface area contributed by atoms with Gasteiger partial charge in [-0.15, -0.1) is 0 Å². The van der Waals surface area contributed by atoms with Crippen molar-refractivity contribution in [2.24, 2.45) is 0 Å². The van der Waals surface area contributed by atoms with Gasteiger partial charge in [-0.1, -0.05) is 84.3 Å². The highest BCUT2D eigenvalue weighted by atomic mass is 79.9. The Bertz CT molecular complexity index is 1050. The molecule has 0 aromatic heterocycles. The first kappa shape index (κ1) is 21.3. The van der Waals surface area contributed by atoms with Gasteiger partial charge >= 0.3 is 0 Å². The van der Waals surface area contributed by atoms with Crippen molar-refractivity contribution in [3.8, 4) is 0 Å². The summed E-state index contributed by atoms with van der Waals surface area (Å²) in [5.41, 5.74) is 2.86. The van der Waals surface area contributed by atoms with E-state index in [9.17, 15) is 9.59 Å². The third-order valence-corrected chi connectivity index (χ3v) is 7.14. The maximum atomic E-state index is 13.4. The summed E-state index contributed by atoms with van der Waals surface area (Å²) in [4.78, 5) is 30.4. The molecule has 0 bridgehead atoms. The van der Waals surface area contributed by atoms with Crippen LogP contribution in [0.2, 0.25) is 0 Å². The molecule has 0 radical (unpaired) electrons. The minimum absolute atomic E-state index is 0.107. The van der Waals surface area contributed by atoms with Gasteiger partial charge in [-0.25, -0.2) is 0 Å². The summed E-state index contributed by atoms with van der Waals surface area (Å²) >= 11 is 10.1. The van der Waals surface area contributed by atoms with E-state index in [1.807, 2.05) is 53.4 Å². The quantitative estimate of drug-likeness (QED) is 0.270. The Morgan fingerprint density at radius 2 is 1.70 bits per heavy atom. The molecule has 0 N–H and O–H groups in total. The van der Waals surface area contributed by atoms with Gasteiger partial charge in [0.2, 0.25) is 0 Å². The van der Waals surface area contributed by atoms with E-state index >= 15 is 0 Å². The van der Waals surface area contributed by atoms with Crippen LogP contribution in [0.25, 0.3) is 5.57 Å². The number of thiocarbonyl (C=S) groups is 1. The van der Waals surface area contributed by atoms with Crippen LogP contribution in [0.4, 0.5) is 11.4 Å². The van der Waals surface area contributed by atoms with Crippen molar-refractivity contribution in [3.63, 3.8) is 0 Å². The number of carbonyl (C=O) groups excluding carboxylic acids is 2. The van der Waals surface area contributed by atoms with Crippen LogP contribution in [0, 0.1) is 0 Å². The lowest BCUT2D eigenvalue weighted by Crippen LogP contribution is -2.29. The van der Waals surface area contributed by atoms with E-state index in [0.29, 0.717) is 27.0 Å². The average Bonchev–Trinajstić information content (AvgIpc) is 3.18. The number of hydrogen-bond donors (Lipinski definition) is 0. The van der Waals surface area contributed by atoms with E-state index in [1.165, 1.54) is 16.7 Å². The van der Waals surface area contributed by atoms with Crippen molar-refractivity contribution in [2.75, 3.05) is 16.3 Å². The van der Waals surface area contributed by atoms with Crippen LogP contribution in [0.1, 0.15) is 38.2 Å². The van der Waals surface area contributed by atoms with Crippen LogP contribution >= 0.6 is 39.9 Å². The topological polar surface area (TPSA) is 40.6 Å². The van der Waals surface area contributed by atoms with Crippen molar-refractivity contribution in [3.05, 3.63) is 63.5 Å². The van der Waals surface area contributed by atoms with E-state index in [1.54, 1.807) is 0 Å². The molecule has 30 heavy (non-hydrogen) atoms. The second-order valence-corrected chi connectivity index (χ2v) is 9.78. The normalized spacial score (nSPS) is 18.5. The molecule has 2 aliphatic rings. The third kappa shape index (κ3) is 3.86. The van der Waals surface area contributed by atoms with Gasteiger partial charge in [0.15, 0.2) is 4.32 Å². The predicted molar refractivity (Wildman–Crippen MR) is 132 cm³/mol. The summed E-state index contributed by atoms with van der Waals surface area (Å²) in [7, 11) is 0. The zero-order chi connectivity index (χ0) is 21.3. The molecule has 0 atom stereocenters. The van der Waals surface area contributed by atoms with E-state index in [0.717, 1.165) is 41.4 Å². The molecule has 2 amide bonds. The van der Waals surface area contributed by atoms with Crippen molar-refractivity contribution < 1.29 is 9.59 Å². The molecule has 2 aromatic carbocycles. The molecule has 4 rings (SSSR count). The molecule has 2 aromatic rings. The fourth-order valence-electron chi connectivity index (χ4n) is 3.75. The Labute approximate surface area is 194 Å². The van der Waals surface area contributed by atoms with Gasteiger partial charge in [0.1, 0.15) is 0 Å². The number of benzene rings is 2. The van der Waals surface area contributed by atoms with E-state index < -0.39 is 0 Å². The van der Waals surface area contributed by atoms with Crippen LogP contribution in [0.3, 0.4) is 0 Å². The number of anilines is 2. The highest BCUT2D eigenvalue weighted by Crippen LogP contribution is 2.45. The number of nitrogens with zero attached hydrogens (tertiary/aromatic N) is 2. The van der Waals surface area contributed by atoms with Gasteiger partial charge in [-0.3, -0.25) is 14.5 Å². The van der Waals surface area contributed by atoms with Crippen molar-refractivity contribution in [1.29, 1.82) is 0 Å². The molecule has 1 saturated heterocycles. The molecule has 7 heteroatoms. The maximum Gasteiger partial charge on any atom is 0.271 e. The lowest BCUT2D eigenvalue weighted by atomic mass is 10.1.